The summed E-state index contributed by atoms with van der Waals surface area (Å²) in [5.41, 5.74) is 30.5. The van der Waals surface area contributed by atoms with Gasteiger partial charge in [-0.3, -0.25) is 0 Å². The van der Waals surface area contributed by atoms with E-state index in [1.807, 2.05) is 0 Å². The number of allylic oxidation sites excluding steroid dienone is 6. The summed E-state index contributed by atoms with van der Waals surface area (Å²) in [6, 6.07) is 64.4. The maximum atomic E-state index is 6.57. The zero-order valence-electron chi connectivity index (χ0n) is 41.9. The smallest absolute Gasteiger partial charge is 0.143 e. The van der Waals surface area contributed by atoms with E-state index < -0.39 is 0 Å². The number of anilines is 3. The van der Waals surface area contributed by atoms with Crippen molar-refractivity contribution >= 4 is 56.9 Å². The van der Waals surface area contributed by atoms with Crippen molar-refractivity contribution in [2.45, 2.75) is 77.6 Å². The van der Waals surface area contributed by atoms with Gasteiger partial charge in [0.1, 0.15) is 11.0 Å². The fraction of sp³-hybridized carbons (Fsp3) is 0.171. The lowest BCUT2D eigenvalue weighted by molar-refractivity contribution is 0.572. The number of hydrogen-bond donors (Lipinski definition) is 0. The largest absolute Gasteiger partial charge is 0.456 e. The summed E-state index contributed by atoms with van der Waals surface area (Å²) in [6.07, 6.45) is 14.6. The maximum absolute atomic E-state index is 6.57. The SMILES string of the molecule is CC1=CCc2ccc(-c3ccccc3N(c3ccc(C4=CC5=C(CC4)C(C)(C)c4cc(-c6cccc7c8c(oc67)=CCCC=8)ccc45)cc3)c3cccc4c3-c3ccccc3C4(C)C)cc2-c2ccccc21. The van der Waals surface area contributed by atoms with E-state index in [1.165, 1.54) is 116 Å². The molecule has 0 amide bonds. The molecule has 0 saturated carbocycles. The Bertz CT molecular complexity index is 4010. The summed E-state index contributed by atoms with van der Waals surface area (Å²) in [5, 5.41) is 2.46. The first-order valence-corrected chi connectivity index (χ1v) is 26.1. The Kier molecular flexibility index (Phi) is 9.56. The summed E-state index contributed by atoms with van der Waals surface area (Å²) < 4.78 is 6.57. The van der Waals surface area contributed by atoms with Crippen LogP contribution in [0.25, 0.3) is 84.3 Å². The second-order valence-electron chi connectivity index (χ2n) is 21.8. The van der Waals surface area contributed by atoms with Crippen molar-refractivity contribution in [3.05, 3.63) is 237 Å². The standard InChI is InChI=1S/C70H57NO/c1-43-28-29-45-30-31-47(41-58(45)53-18-7-6-16-50(43)53)51-17-9-12-25-64(51)71(65-26-15-24-62-67(65)57-20-8-11-23-60(57)69(62,2)3)49-36-32-44(33-37-49)46-35-39-61-59(40-46)54-38-34-48(42-63(54)70(61,4)5)52-21-14-22-56-55-19-10-13-27-66(55)72-68(52)56/h6-9,11-12,14-28,30-34,36-38,40-42H,10,13,29,35,39H2,1-5H3. The molecule has 348 valence electrons. The van der Waals surface area contributed by atoms with E-state index in [0.717, 1.165) is 54.5 Å². The summed E-state index contributed by atoms with van der Waals surface area (Å²) in [4.78, 5) is 2.54. The highest BCUT2D eigenvalue weighted by atomic mass is 16.3. The van der Waals surface area contributed by atoms with Crippen LogP contribution in [0, 0.1) is 0 Å². The molecule has 9 aromatic rings. The lowest BCUT2D eigenvalue weighted by atomic mass is 9.77. The molecule has 2 heteroatoms. The molecule has 0 atom stereocenters. The van der Waals surface area contributed by atoms with Crippen molar-refractivity contribution in [3.63, 3.8) is 0 Å². The van der Waals surface area contributed by atoms with Crippen molar-refractivity contribution < 1.29 is 4.42 Å². The first kappa shape index (κ1) is 42.9. The minimum atomic E-state index is -0.131. The van der Waals surface area contributed by atoms with Gasteiger partial charge < -0.3 is 9.32 Å². The predicted molar refractivity (Wildman–Crippen MR) is 303 cm³/mol. The molecule has 1 heterocycles. The summed E-state index contributed by atoms with van der Waals surface area (Å²) in [5.74, 6) is 0. The first-order chi connectivity index (χ1) is 35.1. The topological polar surface area (TPSA) is 16.4 Å². The molecule has 1 aromatic heterocycles. The number of para-hydroxylation sites is 2. The van der Waals surface area contributed by atoms with Gasteiger partial charge in [-0.1, -0.05) is 185 Å². The van der Waals surface area contributed by atoms with Gasteiger partial charge in [-0.15, -0.1) is 0 Å². The number of furan rings is 1. The number of benzene rings is 8. The van der Waals surface area contributed by atoms with E-state index in [-0.39, 0.29) is 10.8 Å². The van der Waals surface area contributed by atoms with E-state index in [4.69, 9.17) is 4.42 Å². The summed E-state index contributed by atoms with van der Waals surface area (Å²) in [6.45, 7) is 11.9. The van der Waals surface area contributed by atoms with Gasteiger partial charge >= 0.3 is 0 Å². The minimum Gasteiger partial charge on any atom is -0.456 e. The molecular formula is C70H57NO. The van der Waals surface area contributed by atoms with Crippen LogP contribution in [0.15, 0.2) is 192 Å². The highest BCUT2D eigenvalue weighted by Gasteiger charge is 2.40. The molecular weight excluding hydrogens is 871 g/mol. The normalized spacial score (nSPS) is 16.4. The molecule has 8 aromatic carbocycles. The fourth-order valence-electron chi connectivity index (χ4n) is 13.3. The predicted octanol–water partition coefficient (Wildman–Crippen LogP) is 17.4. The molecule has 0 N–H and O–H groups in total. The fourth-order valence-corrected chi connectivity index (χ4v) is 13.3. The van der Waals surface area contributed by atoms with Gasteiger partial charge in [-0.25, -0.2) is 0 Å². The quantitative estimate of drug-likeness (QED) is 0.165. The van der Waals surface area contributed by atoms with E-state index in [1.54, 1.807) is 5.57 Å². The first-order valence-electron chi connectivity index (χ1n) is 26.1. The molecule has 5 aliphatic carbocycles. The average molecular weight is 928 g/mol. The van der Waals surface area contributed by atoms with Crippen molar-refractivity contribution in [3.8, 4) is 44.5 Å². The number of nitrogens with zero attached hydrogens (tertiary/aromatic N) is 1. The monoisotopic (exact) mass is 927 g/mol. The summed E-state index contributed by atoms with van der Waals surface area (Å²) >= 11 is 0. The molecule has 0 aliphatic heterocycles. The van der Waals surface area contributed by atoms with Crippen LogP contribution in [0.4, 0.5) is 17.1 Å². The highest BCUT2D eigenvalue weighted by Crippen LogP contribution is 2.56. The Morgan fingerprint density at radius 1 is 0.486 bits per heavy atom. The van der Waals surface area contributed by atoms with E-state index in [2.05, 4.69) is 234 Å². The van der Waals surface area contributed by atoms with Gasteiger partial charge in [0.25, 0.3) is 0 Å². The molecule has 0 bridgehead atoms. The molecule has 2 nitrogen and oxygen atoms in total. The lowest BCUT2D eigenvalue weighted by Gasteiger charge is -2.31. The van der Waals surface area contributed by atoms with Crippen LogP contribution in [0.2, 0.25) is 0 Å². The minimum absolute atomic E-state index is 0.0715. The molecule has 5 aliphatic rings. The van der Waals surface area contributed by atoms with Crippen molar-refractivity contribution in [2.75, 3.05) is 4.90 Å². The Morgan fingerprint density at radius 3 is 2.03 bits per heavy atom. The molecule has 0 radical (unpaired) electrons. The van der Waals surface area contributed by atoms with Gasteiger partial charge in [0.05, 0.1) is 11.4 Å². The van der Waals surface area contributed by atoms with Crippen LogP contribution in [0.1, 0.15) is 99.2 Å². The van der Waals surface area contributed by atoms with Gasteiger partial charge in [-0.05, 0) is 165 Å². The van der Waals surface area contributed by atoms with Crippen LogP contribution in [0.3, 0.4) is 0 Å². The Labute approximate surface area is 423 Å². The third-order valence-corrected chi connectivity index (χ3v) is 17.1. The van der Waals surface area contributed by atoms with Crippen molar-refractivity contribution in [2.24, 2.45) is 0 Å². The summed E-state index contributed by atoms with van der Waals surface area (Å²) in [7, 11) is 0. The Morgan fingerprint density at radius 2 is 1.17 bits per heavy atom. The Hall–Kier alpha value is -7.94. The molecule has 14 rings (SSSR count). The molecule has 0 spiro atoms. The van der Waals surface area contributed by atoms with Crippen LogP contribution in [-0.2, 0) is 17.3 Å². The third-order valence-electron chi connectivity index (χ3n) is 17.1. The number of fused-ring (bicyclic) bond motifs is 11. The van der Waals surface area contributed by atoms with Gasteiger partial charge in [0.15, 0.2) is 0 Å². The van der Waals surface area contributed by atoms with Gasteiger partial charge in [0.2, 0.25) is 0 Å². The zero-order valence-corrected chi connectivity index (χ0v) is 41.9. The van der Waals surface area contributed by atoms with Gasteiger partial charge in [0, 0.05) is 43.8 Å². The highest BCUT2D eigenvalue weighted by molar-refractivity contribution is 6.00. The second kappa shape index (κ2) is 16.0. The van der Waals surface area contributed by atoms with Crippen LogP contribution in [-0.4, -0.2) is 0 Å². The molecule has 72 heavy (non-hydrogen) atoms. The molecule has 0 fully saturated rings. The van der Waals surface area contributed by atoms with Crippen LogP contribution >= 0.6 is 0 Å². The second-order valence-corrected chi connectivity index (χ2v) is 21.8. The number of hydrogen-bond acceptors (Lipinski definition) is 2. The van der Waals surface area contributed by atoms with Crippen LogP contribution in [0.5, 0.6) is 0 Å². The third kappa shape index (κ3) is 6.41. The molecule has 0 saturated heterocycles. The number of rotatable bonds is 6. The maximum Gasteiger partial charge on any atom is 0.143 e. The van der Waals surface area contributed by atoms with Crippen molar-refractivity contribution in [1.29, 1.82) is 0 Å². The van der Waals surface area contributed by atoms with Crippen LogP contribution < -0.4 is 15.5 Å². The van der Waals surface area contributed by atoms with Gasteiger partial charge in [-0.2, -0.15) is 0 Å². The average Bonchev–Trinajstić information content (AvgIpc) is 3.96. The molecule has 0 unspecified atom stereocenters. The Balaban J connectivity index is 0.874. The zero-order chi connectivity index (χ0) is 48.5. The lowest BCUT2D eigenvalue weighted by Crippen LogP contribution is -2.21. The van der Waals surface area contributed by atoms with Crippen molar-refractivity contribution in [1.82, 2.24) is 0 Å². The van der Waals surface area contributed by atoms with E-state index in [0.29, 0.717) is 0 Å². The van der Waals surface area contributed by atoms with E-state index in [9.17, 15) is 0 Å². The van der Waals surface area contributed by atoms with E-state index >= 15 is 0 Å².